The SMILES string of the molecule is COOCc1cc(OC2CCC(C(=O)O)C2)c2ccc(OC)cc2n1. The number of ether oxygens (including phenoxy) is 2. The molecular weight excluding hydrogens is 326 g/mol. The molecule has 1 aromatic carbocycles. The van der Waals surface area contributed by atoms with Crippen molar-refractivity contribution in [1.82, 2.24) is 4.98 Å². The van der Waals surface area contributed by atoms with Crippen molar-refractivity contribution in [2.75, 3.05) is 14.2 Å². The molecule has 7 nitrogen and oxygen atoms in total. The summed E-state index contributed by atoms with van der Waals surface area (Å²) < 4.78 is 11.4. The summed E-state index contributed by atoms with van der Waals surface area (Å²) in [6, 6.07) is 7.37. The van der Waals surface area contributed by atoms with Crippen LogP contribution in [0.25, 0.3) is 10.9 Å². The minimum absolute atomic E-state index is 0.120. The molecule has 1 saturated carbocycles. The van der Waals surface area contributed by atoms with Crippen molar-refractivity contribution in [3.63, 3.8) is 0 Å². The van der Waals surface area contributed by atoms with Gasteiger partial charge in [0.25, 0.3) is 0 Å². The van der Waals surface area contributed by atoms with Gasteiger partial charge in [-0.1, -0.05) is 0 Å². The number of methoxy groups -OCH3 is 1. The van der Waals surface area contributed by atoms with E-state index in [0.29, 0.717) is 30.0 Å². The lowest BCUT2D eigenvalue weighted by molar-refractivity contribution is -0.282. The van der Waals surface area contributed by atoms with Gasteiger partial charge in [0.1, 0.15) is 18.1 Å². The highest BCUT2D eigenvalue weighted by Crippen LogP contribution is 2.34. The lowest BCUT2D eigenvalue weighted by Crippen LogP contribution is -2.16. The molecule has 1 fully saturated rings. The number of pyridine rings is 1. The summed E-state index contributed by atoms with van der Waals surface area (Å²) in [7, 11) is 3.03. The minimum Gasteiger partial charge on any atom is -0.497 e. The first-order valence-electron chi connectivity index (χ1n) is 8.13. The third kappa shape index (κ3) is 4.00. The average molecular weight is 347 g/mol. The molecule has 1 aliphatic carbocycles. The number of carbonyl (C=O) groups is 1. The maximum atomic E-state index is 11.1. The summed E-state index contributed by atoms with van der Waals surface area (Å²) in [6.45, 7) is 0.183. The summed E-state index contributed by atoms with van der Waals surface area (Å²) in [6.07, 6.45) is 1.75. The molecule has 1 heterocycles. The summed E-state index contributed by atoms with van der Waals surface area (Å²) in [5, 5.41) is 10.0. The summed E-state index contributed by atoms with van der Waals surface area (Å²) in [5.41, 5.74) is 1.38. The van der Waals surface area contributed by atoms with Gasteiger partial charge < -0.3 is 14.6 Å². The van der Waals surface area contributed by atoms with Gasteiger partial charge in [-0.3, -0.25) is 4.79 Å². The average Bonchev–Trinajstić information content (AvgIpc) is 3.08. The number of carboxylic acid groups (broad SMARTS) is 1. The monoisotopic (exact) mass is 347 g/mol. The van der Waals surface area contributed by atoms with Crippen LogP contribution in [0.5, 0.6) is 11.5 Å². The molecule has 0 saturated heterocycles. The second-order valence-corrected chi connectivity index (χ2v) is 6.01. The Morgan fingerprint density at radius 2 is 2.12 bits per heavy atom. The molecular formula is C18H21NO6. The van der Waals surface area contributed by atoms with Crippen LogP contribution in [-0.2, 0) is 21.2 Å². The third-order valence-corrected chi connectivity index (χ3v) is 4.38. The molecule has 25 heavy (non-hydrogen) atoms. The zero-order chi connectivity index (χ0) is 17.8. The van der Waals surface area contributed by atoms with Crippen molar-refractivity contribution >= 4 is 16.9 Å². The highest BCUT2D eigenvalue weighted by molar-refractivity contribution is 5.86. The van der Waals surface area contributed by atoms with E-state index >= 15 is 0 Å². The zero-order valence-electron chi connectivity index (χ0n) is 14.2. The molecule has 1 aliphatic rings. The van der Waals surface area contributed by atoms with E-state index in [0.717, 1.165) is 17.3 Å². The van der Waals surface area contributed by atoms with E-state index in [1.807, 2.05) is 24.3 Å². The van der Waals surface area contributed by atoms with Crippen molar-refractivity contribution in [3.05, 3.63) is 30.0 Å². The highest BCUT2D eigenvalue weighted by atomic mass is 17.2. The summed E-state index contributed by atoms with van der Waals surface area (Å²) >= 11 is 0. The summed E-state index contributed by atoms with van der Waals surface area (Å²) in [5.74, 6) is 0.264. The molecule has 7 heteroatoms. The standard InChI is InChI=1S/C18H21NO6/c1-22-13-5-6-15-16(9-13)19-12(10-24-23-2)8-17(15)25-14-4-3-11(7-14)18(20)21/h5-6,8-9,11,14H,3-4,7,10H2,1-2H3,(H,20,21). The lowest BCUT2D eigenvalue weighted by atomic mass is 10.1. The van der Waals surface area contributed by atoms with Crippen LogP contribution in [-0.4, -0.2) is 36.4 Å². The van der Waals surface area contributed by atoms with Crippen LogP contribution in [0, 0.1) is 5.92 Å². The molecule has 0 amide bonds. The van der Waals surface area contributed by atoms with Crippen molar-refractivity contribution < 1.29 is 29.1 Å². The predicted octanol–water partition coefficient (Wildman–Crippen LogP) is 2.95. The second-order valence-electron chi connectivity index (χ2n) is 6.01. The van der Waals surface area contributed by atoms with E-state index in [1.54, 1.807) is 7.11 Å². The Morgan fingerprint density at radius 1 is 1.28 bits per heavy atom. The Morgan fingerprint density at radius 3 is 2.80 bits per heavy atom. The topological polar surface area (TPSA) is 87.1 Å². The molecule has 0 aliphatic heterocycles. The van der Waals surface area contributed by atoms with Gasteiger partial charge in [0.2, 0.25) is 0 Å². The predicted molar refractivity (Wildman–Crippen MR) is 89.5 cm³/mol. The summed E-state index contributed by atoms with van der Waals surface area (Å²) in [4.78, 5) is 25.3. The second kappa shape index (κ2) is 7.67. The normalized spacial score (nSPS) is 19.9. The van der Waals surface area contributed by atoms with Crippen molar-refractivity contribution in [1.29, 1.82) is 0 Å². The number of fused-ring (bicyclic) bond motifs is 1. The Hall–Kier alpha value is -2.38. The van der Waals surface area contributed by atoms with Crippen LogP contribution >= 0.6 is 0 Å². The zero-order valence-corrected chi connectivity index (χ0v) is 14.2. The van der Waals surface area contributed by atoms with E-state index in [4.69, 9.17) is 19.5 Å². The third-order valence-electron chi connectivity index (χ3n) is 4.38. The molecule has 2 atom stereocenters. The van der Waals surface area contributed by atoms with Gasteiger partial charge in [-0.25, -0.2) is 14.8 Å². The number of hydrogen-bond donors (Lipinski definition) is 1. The van der Waals surface area contributed by atoms with Gasteiger partial charge in [-0.05, 0) is 31.4 Å². The van der Waals surface area contributed by atoms with Crippen LogP contribution in [0.3, 0.4) is 0 Å². The van der Waals surface area contributed by atoms with E-state index in [1.165, 1.54) is 7.11 Å². The fourth-order valence-electron chi connectivity index (χ4n) is 3.10. The number of carboxylic acids is 1. The van der Waals surface area contributed by atoms with Gasteiger partial charge in [-0.2, -0.15) is 0 Å². The molecule has 0 radical (unpaired) electrons. The van der Waals surface area contributed by atoms with Crippen LogP contribution in [0.4, 0.5) is 0 Å². The molecule has 134 valence electrons. The van der Waals surface area contributed by atoms with Gasteiger partial charge in [0, 0.05) is 17.5 Å². The van der Waals surface area contributed by atoms with E-state index in [-0.39, 0.29) is 18.6 Å². The van der Waals surface area contributed by atoms with Crippen molar-refractivity contribution in [2.24, 2.45) is 5.92 Å². The van der Waals surface area contributed by atoms with Gasteiger partial charge in [-0.15, -0.1) is 0 Å². The number of aliphatic carboxylic acids is 1. The Labute approximate surface area is 145 Å². The molecule has 1 aromatic heterocycles. The van der Waals surface area contributed by atoms with Gasteiger partial charge >= 0.3 is 5.97 Å². The van der Waals surface area contributed by atoms with Crippen molar-refractivity contribution in [2.45, 2.75) is 32.0 Å². The number of nitrogens with zero attached hydrogens (tertiary/aromatic N) is 1. The maximum absolute atomic E-state index is 11.1. The minimum atomic E-state index is -0.760. The van der Waals surface area contributed by atoms with Gasteiger partial charge in [0.15, 0.2) is 0 Å². The van der Waals surface area contributed by atoms with Crippen molar-refractivity contribution in [3.8, 4) is 11.5 Å². The first kappa shape index (κ1) is 17.4. The number of hydrogen-bond acceptors (Lipinski definition) is 6. The maximum Gasteiger partial charge on any atom is 0.306 e. The molecule has 2 unspecified atom stereocenters. The molecule has 0 spiro atoms. The Kier molecular flexibility index (Phi) is 5.35. The number of aromatic nitrogens is 1. The first-order chi connectivity index (χ1) is 12.1. The Balaban J connectivity index is 1.90. The van der Waals surface area contributed by atoms with Crippen LogP contribution < -0.4 is 9.47 Å². The first-order valence-corrected chi connectivity index (χ1v) is 8.13. The van der Waals surface area contributed by atoms with Gasteiger partial charge in [0.05, 0.1) is 37.5 Å². The fourth-order valence-corrected chi connectivity index (χ4v) is 3.10. The highest BCUT2D eigenvalue weighted by Gasteiger charge is 2.31. The quantitative estimate of drug-likeness (QED) is 0.608. The molecule has 1 N–H and O–H groups in total. The van der Waals surface area contributed by atoms with Crippen LogP contribution in [0.1, 0.15) is 25.0 Å². The molecule has 0 bridgehead atoms. The van der Waals surface area contributed by atoms with Crippen LogP contribution in [0.15, 0.2) is 24.3 Å². The van der Waals surface area contributed by atoms with E-state index < -0.39 is 5.97 Å². The molecule has 3 rings (SSSR count). The van der Waals surface area contributed by atoms with E-state index in [9.17, 15) is 4.79 Å². The largest absolute Gasteiger partial charge is 0.497 e. The number of rotatable bonds is 7. The smallest absolute Gasteiger partial charge is 0.306 e. The number of benzene rings is 1. The van der Waals surface area contributed by atoms with E-state index in [2.05, 4.69) is 9.87 Å². The Bertz CT molecular complexity index is 763. The lowest BCUT2D eigenvalue weighted by Gasteiger charge is -2.17. The molecule has 2 aromatic rings. The van der Waals surface area contributed by atoms with Crippen LogP contribution in [0.2, 0.25) is 0 Å². The fraction of sp³-hybridized carbons (Fsp3) is 0.444.